The maximum Gasteiger partial charge on any atom is 0.220 e. The van der Waals surface area contributed by atoms with Gasteiger partial charge in [0.25, 0.3) is 0 Å². The summed E-state index contributed by atoms with van der Waals surface area (Å²) in [5.74, 6) is 0.103. The molecule has 1 aliphatic heterocycles. The number of nitrogens with two attached hydrogens (primary N) is 1. The smallest absolute Gasteiger partial charge is 0.220 e. The fourth-order valence-corrected chi connectivity index (χ4v) is 2.13. The van der Waals surface area contributed by atoms with E-state index in [1.54, 1.807) is 0 Å². The van der Waals surface area contributed by atoms with Gasteiger partial charge in [-0.25, -0.2) is 0 Å². The van der Waals surface area contributed by atoms with E-state index in [9.17, 15) is 4.79 Å². The molecule has 0 saturated carbocycles. The number of nitrogens with one attached hydrogen (secondary N) is 1. The number of hydrogen-bond donors (Lipinski definition) is 2. The van der Waals surface area contributed by atoms with Crippen LogP contribution in [0.5, 0.6) is 0 Å². The summed E-state index contributed by atoms with van der Waals surface area (Å²) >= 11 is 0. The third kappa shape index (κ3) is 6.64. The lowest BCUT2D eigenvalue weighted by molar-refractivity contribution is -0.122. The Kier molecular flexibility index (Phi) is 7.21. The van der Waals surface area contributed by atoms with E-state index in [1.807, 2.05) is 0 Å². The van der Waals surface area contributed by atoms with Gasteiger partial charge in [-0.15, -0.1) is 0 Å². The lowest BCUT2D eigenvalue weighted by Crippen LogP contribution is -2.37. The van der Waals surface area contributed by atoms with Gasteiger partial charge in [0.2, 0.25) is 5.91 Å². The van der Waals surface area contributed by atoms with E-state index in [-0.39, 0.29) is 11.9 Å². The van der Waals surface area contributed by atoms with Crippen molar-refractivity contribution in [3.05, 3.63) is 0 Å². The van der Waals surface area contributed by atoms with Gasteiger partial charge in [0.05, 0.1) is 6.10 Å². The third-order valence-electron chi connectivity index (χ3n) is 3.19. The Labute approximate surface area is 104 Å². The first kappa shape index (κ1) is 14.5. The fourth-order valence-electron chi connectivity index (χ4n) is 2.13. The molecule has 2 unspecified atom stereocenters. The zero-order chi connectivity index (χ0) is 12.5. The first-order chi connectivity index (χ1) is 8.22. The van der Waals surface area contributed by atoms with E-state index >= 15 is 0 Å². The van der Waals surface area contributed by atoms with Gasteiger partial charge in [0.15, 0.2) is 0 Å². The molecule has 4 heteroatoms. The van der Waals surface area contributed by atoms with Crippen molar-refractivity contribution in [2.24, 2.45) is 5.73 Å². The fraction of sp³-hybridized carbons (Fsp3) is 0.923. The van der Waals surface area contributed by atoms with Crippen molar-refractivity contribution in [1.82, 2.24) is 5.32 Å². The van der Waals surface area contributed by atoms with Crippen molar-refractivity contribution in [2.75, 3.05) is 13.2 Å². The second-order valence-electron chi connectivity index (χ2n) is 4.88. The second kappa shape index (κ2) is 8.48. The van der Waals surface area contributed by atoms with E-state index in [0.29, 0.717) is 19.1 Å². The summed E-state index contributed by atoms with van der Waals surface area (Å²) in [4.78, 5) is 11.6. The van der Waals surface area contributed by atoms with Gasteiger partial charge < -0.3 is 15.8 Å². The summed E-state index contributed by atoms with van der Waals surface area (Å²) in [6.07, 6.45) is 7.21. The molecule has 0 bridgehead atoms. The predicted octanol–water partition coefficient (Wildman–Crippen LogP) is 1.58. The average molecular weight is 242 g/mol. The summed E-state index contributed by atoms with van der Waals surface area (Å²) in [7, 11) is 0. The van der Waals surface area contributed by atoms with Gasteiger partial charge in [0, 0.05) is 25.6 Å². The summed E-state index contributed by atoms with van der Waals surface area (Å²) in [5.41, 5.74) is 5.83. The number of hydrogen-bond acceptors (Lipinski definition) is 3. The molecule has 0 aliphatic carbocycles. The van der Waals surface area contributed by atoms with Gasteiger partial charge in [-0.2, -0.15) is 0 Å². The van der Waals surface area contributed by atoms with Crippen LogP contribution in [0.25, 0.3) is 0 Å². The van der Waals surface area contributed by atoms with E-state index in [4.69, 9.17) is 10.5 Å². The summed E-state index contributed by atoms with van der Waals surface area (Å²) in [6.45, 7) is 3.55. The second-order valence-corrected chi connectivity index (χ2v) is 4.88. The summed E-state index contributed by atoms with van der Waals surface area (Å²) < 4.78 is 5.59. The summed E-state index contributed by atoms with van der Waals surface area (Å²) in [5, 5.41) is 2.89. The number of rotatable bonds is 7. The van der Waals surface area contributed by atoms with Crippen LogP contribution in [0.3, 0.4) is 0 Å². The van der Waals surface area contributed by atoms with Crippen LogP contribution in [0.1, 0.15) is 51.9 Å². The monoisotopic (exact) mass is 242 g/mol. The standard InChI is InChI=1S/C13H26N2O2/c1-2-5-11(14)10-15-13(16)8-7-12-6-3-4-9-17-12/h11-12H,2-10,14H2,1H3,(H,15,16). The molecule has 0 aromatic rings. The Bertz CT molecular complexity index is 215. The molecule has 1 saturated heterocycles. The van der Waals surface area contributed by atoms with Crippen LogP contribution in [0.4, 0.5) is 0 Å². The van der Waals surface area contributed by atoms with Crippen molar-refractivity contribution in [1.29, 1.82) is 0 Å². The highest BCUT2D eigenvalue weighted by atomic mass is 16.5. The minimum absolute atomic E-state index is 0.0925. The first-order valence-corrected chi connectivity index (χ1v) is 6.86. The van der Waals surface area contributed by atoms with E-state index in [1.165, 1.54) is 6.42 Å². The van der Waals surface area contributed by atoms with Crippen LogP contribution < -0.4 is 11.1 Å². The Morgan fingerprint density at radius 2 is 2.35 bits per heavy atom. The largest absolute Gasteiger partial charge is 0.378 e. The van der Waals surface area contributed by atoms with Crippen LogP contribution in [0.2, 0.25) is 0 Å². The minimum Gasteiger partial charge on any atom is -0.378 e. The Morgan fingerprint density at radius 1 is 1.53 bits per heavy atom. The van der Waals surface area contributed by atoms with Crippen molar-refractivity contribution >= 4 is 5.91 Å². The molecule has 1 amide bonds. The molecule has 1 heterocycles. The third-order valence-corrected chi connectivity index (χ3v) is 3.19. The predicted molar refractivity (Wildman–Crippen MR) is 68.7 cm³/mol. The van der Waals surface area contributed by atoms with E-state index < -0.39 is 0 Å². The first-order valence-electron chi connectivity index (χ1n) is 6.86. The van der Waals surface area contributed by atoms with E-state index in [2.05, 4.69) is 12.2 Å². The zero-order valence-electron chi connectivity index (χ0n) is 10.9. The molecule has 4 nitrogen and oxygen atoms in total. The van der Waals surface area contributed by atoms with Gasteiger partial charge in [-0.05, 0) is 32.1 Å². The molecule has 0 aromatic carbocycles. The van der Waals surface area contributed by atoms with Gasteiger partial charge >= 0.3 is 0 Å². The highest BCUT2D eigenvalue weighted by Gasteiger charge is 2.15. The molecule has 17 heavy (non-hydrogen) atoms. The molecule has 0 radical (unpaired) electrons. The SMILES string of the molecule is CCCC(N)CNC(=O)CCC1CCCCO1. The topological polar surface area (TPSA) is 64.3 Å². The highest BCUT2D eigenvalue weighted by Crippen LogP contribution is 2.16. The Morgan fingerprint density at radius 3 is 3.00 bits per heavy atom. The zero-order valence-corrected chi connectivity index (χ0v) is 10.9. The molecular formula is C13H26N2O2. The quantitative estimate of drug-likeness (QED) is 0.712. The number of carbonyl (C=O) groups is 1. The molecule has 100 valence electrons. The Balaban J connectivity index is 2.04. The van der Waals surface area contributed by atoms with Crippen molar-refractivity contribution < 1.29 is 9.53 Å². The number of carbonyl (C=O) groups excluding carboxylic acids is 1. The van der Waals surface area contributed by atoms with Crippen molar-refractivity contribution in [3.8, 4) is 0 Å². The molecule has 1 aliphatic rings. The lowest BCUT2D eigenvalue weighted by Gasteiger charge is -2.22. The lowest BCUT2D eigenvalue weighted by atomic mass is 10.0. The molecule has 0 spiro atoms. The van der Waals surface area contributed by atoms with Crippen molar-refractivity contribution in [2.45, 2.75) is 64.0 Å². The molecule has 1 rings (SSSR count). The van der Waals surface area contributed by atoms with Gasteiger partial charge in [-0.3, -0.25) is 4.79 Å². The molecule has 0 aromatic heterocycles. The van der Waals surface area contributed by atoms with E-state index in [0.717, 1.165) is 38.7 Å². The molecular weight excluding hydrogens is 216 g/mol. The van der Waals surface area contributed by atoms with Crippen LogP contribution in [-0.2, 0) is 9.53 Å². The van der Waals surface area contributed by atoms with Crippen LogP contribution in [-0.4, -0.2) is 31.2 Å². The van der Waals surface area contributed by atoms with Crippen LogP contribution in [0.15, 0.2) is 0 Å². The van der Waals surface area contributed by atoms with Gasteiger partial charge in [0.1, 0.15) is 0 Å². The normalized spacial score (nSPS) is 22.1. The molecule has 1 fully saturated rings. The average Bonchev–Trinajstić information content (AvgIpc) is 2.35. The molecule has 2 atom stereocenters. The highest BCUT2D eigenvalue weighted by molar-refractivity contribution is 5.75. The number of amides is 1. The Hall–Kier alpha value is -0.610. The van der Waals surface area contributed by atoms with Crippen LogP contribution >= 0.6 is 0 Å². The summed E-state index contributed by atoms with van der Waals surface area (Å²) in [6, 6.07) is 0.0925. The van der Waals surface area contributed by atoms with Gasteiger partial charge in [-0.1, -0.05) is 13.3 Å². The minimum atomic E-state index is 0.0925. The molecule has 3 N–H and O–H groups in total. The maximum absolute atomic E-state index is 11.6. The number of ether oxygens (including phenoxy) is 1. The van der Waals surface area contributed by atoms with Crippen molar-refractivity contribution in [3.63, 3.8) is 0 Å². The van der Waals surface area contributed by atoms with Crippen LogP contribution in [0, 0.1) is 0 Å². The maximum atomic E-state index is 11.6.